The van der Waals surface area contributed by atoms with Crippen molar-refractivity contribution in [1.82, 2.24) is 5.48 Å². The maximum absolute atomic E-state index is 5.81. The maximum atomic E-state index is 5.81. The topological polar surface area (TPSA) is 39.7 Å². The summed E-state index contributed by atoms with van der Waals surface area (Å²) in [4.78, 5) is 5.52. The quantitative estimate of drug-likeness (QED) is 0.268. The van der Waals surface area contributed by atoms with Gasteiger partial charge >= 0.3 is 0 Å². The summed E-state index contributed by atoms with van der Waals surface area (Å²) in [5.74, 6) is -0.794. The Kier molecular flexibility index (Phi) is 13.4. The molecule has 128 valence electrons. The number of hydrogen-bond donors (Lipinski definition) is 1. The van der Waals surface area contributed by atoms with E-state index >= 15 is 0 Å². The van der Waals surface area contributed by atoms with Gasteiger partial charge in [-0.3, -0.25) is 4.84 Å². The van der Waals surface area contributed by atoms with E-state index in [1.807, 2.05) is 27.7 Å². The lowest BCUT2D eigenvalue weighted by Crippen LogP contribution is -2.51. The van der Waals surface area contributed by atoms with Crippen LogP contribution in [0.2, 0.25) is 0 Å². The predicted octanol–water partition coefficient (Wildman–Crippen LogP) is 4.78. The SMILES string of the molecule is CCCCCCCCCC(NOC(C)C)(OCC)OCC. The van der Waals surface area contributed by atoms with Gasteiger partial charge in [0.25, 0.3) is 0 Å². The summed E-state index contributed by atoms with van der Waals surface area (Å²) in [7, 11) is 0. The van der Waals surface area contributed by atoms with Crippen LogP contribution < -0.4 is 5.48 Å². The van der Waals surface area contributed by atoms with Gasteiger partial charge in [0.05, 0.1) is 6.10 Å². The first-order valence-corrected chi connectivity index (χ1v) is 8.80. The minimum atomic E-state index is -0.794. The predicted molar refractivity (Wildman–Crippen MR) is 87.9 cm³/mol. The van der Waals surface area contributed by atoms with Gasteiger partial charge in [-0.25, -0.2) is 0 Å². The molecule has 0 rings (SSSR count). The molecule has 0 spiro atoms. The molecule has 0 aromatic rings. The molecular formula is C17H37NO3. The zero-order chi connectivity index (χ0) is 16.0. The summed E-state index contributed by atoms with van der Waals surface area (Å²) in [6, 6.07) is 0. The summed E-state index contributed by atoms with van der Waals surface area (Å²) in [5.41, 5.74) is 3.00. The number of nitrogens with one attached hydrogen (secondary N) is 1. The van der Waals surface area contributed by atoms with E-state index in [0.717, 1.165) is 12.8 Å². The molecule has 21 heavy (non-hydrogen) atoms. The zero-order valence-electron chi connectivity index (χ0n) is 14.9. The Labute approximate surface area is 131 Å². The average Bonchev–Trinajstić information content (AvgIpc) is 2.45. The number of unbranched alkanes of at least 4 members (excludes halogenated alkanes) is 6. The van der Waals surface area contributed by atoms with Crippen molar-refractivity contribution in [2.24, 2.45) is 0 Å². The highest BCUT2D eigenvalue weighted by Crippen LogP contribution is 2.20. The van der Waals surface area contributed by atoms with Gasteiger partial charge in [0.1, 0.15) is 0 Å². The molecule has 0 saturated heterocycles. The minimum absolute atomic E-state index is 0.0966. The van der Waals surface area contributed by atoms with Crippen LogP contribution in [0, 0.1) is 0 Å². The fraction of sp³-hybridized carbons (Fsp3) is 1.00. The monoisotopic (exact) mass is 303 g/mol. The van der Waals surface area contributed by atoms with Crippen molar-refractivity contribution >= 4 is 0 Å². The molecule has 4 nitrogen and oxygen atoms in total. The third-order valence-electron chi connectivity index (χ3n) is 3.31. The van der Waals surface area contributed by atoms with Crippen molar-refractivity contribution in [1.29, 1.82) is 0 Å². The smallest absolute Gasteiger partial charge is 0.249 e. The number of hydrogen-bond acceptors (Lipinski definition) is 4. The van der Waals surface area contributed by atoms with E-state index in [9.17, 15) is 0 Å². The molecule has 0 unspecified atom stereocenters. The van der Waals surface area contributed by atoms with Gasteiger partial charge in [-0.1, -0.05) is 45.4 Å². The molecule has 0 aromatic heterocycles. The van der Waals surface area contributed by atoms with Crippen LogP contribution in [0.25, 0.3) is 0 Å². The van der Waals surface area contributed by atoms with Gasteiger partial charge in [0, 0.05) is 19.6 Å². The van der Waals surface area contributed by atoms with Crippen LogP contribution in [0.15, 0.2) is 0 Å². The molecular weight excluding hydrogens is 266 g/mol. The Morgan fingerprint density at radius 1 is 0.810 bits per heavy atom. The van der Waals surface area contributed by atoms with Crippen molar-refractivity contribution in [2.75, 3.05) is 13.2 Å². The Balaban J connectivity index is 4.12. The second-order valence-corrected chi connectivity index (χ2v) is 5.76. The van der Waals surface area contributed by atoms with Crippen LogP contribution in [0.3, 0.4) is 0 Å². The van der Waals surface area contributed by atoms with Gasteiger partial charge in [0.15, 0.2) is 0 Å². The summed E-state index contributed by atoms with van der Waals surface area (Å²) in [5, 5.41) is 0. The minimum Gasteiger partial charge on any atom is -0.336 e. The number of hydroxylamine groups is 1. The van der Waals surface area contributed by atoms with E-state index in [2.05, 4.69) is 12.4 Å². The first-order valence-electron chi connectivity index (χ1n) is 8.80. The molecule has 0 aliphatic carbocycles. The number of ether oxygens (including phenoxy) is 2. The molecule has 0 aromatic carbocycles. The lowest BCUT2D eigenvalue weighted by atomic mass is 10.1. The van der Waals surface area contributed by atoms with Gasteiger partial charge in [-0.15, -0.1) is 5.48 Å². The van der Waals surface area contributed by atoms with E-state index in [1.165, 1.54) is 38.5 Å². The Morgan fingerprint density at radius 3 is 1.81 bits per heavy atom. The van der Waals surface area contributed by atoms with E-state index in [1.54, 1.807) is 0 Å². The largest absolute Gasteiger partial charge is 0.336 e. The molecule has 0 saturated carbocycles. The molecule has 0 bridgehead atoms. The summed E-state index contributed by atoms with van der Waals surface area (Å²) in [6.45, 7) is 11.4. The molecule has 0 aliphatic rings. The molecule has 1 N–H and O–H groups in total. The maximum Gasteiger partial charge on any atom is 0.249 e. The first-order chi connectivity index (χ1) is 10.1. The molecule has 0 fully saturated rings. The van der Waals surface area contributed by atoms with Crippen LogP contribution >= 0.6 is 0 Å². The number of rotatable bonds is 15. The highest BCUT2D eigenvalue weighted by molar-refractivity contribution is 4.64. The fourth-order valence-corrected chi connectivity index (χ4v) is 2.28. The van der Waals surface area contributed by atoms with Gasteiger partial charge in [-0.2, -0.15) is 0 Å². The summed E-state index contributed by atoms with van der Waals surface area (Å²) >= 11 is 0. The van der Waals surface area contributed by atoms with Crippen molar-refractivity contribution in [2.45, 2.75) is 98.0 Å². The van der Waals surface area contributed by atoms with E-state index in [-0.39, 0.29) is 6.10 Å². The van der Waals surface area contributed by atoms with Crippen molar-refractivity contribution in [3.8, 4) is 0 Å². The summed E-state index contributed by atoms with van der Waals surface area (Å²) in [6.07, 6.45) is 9.84. The Morgan fingerprint density at radius 2 is 1.33 bits per heavy atom. The van der Waals surface area contributed by atoms with Gasteiger partial charge < -0.3 is 9.47 Å². The Hall–Kier alpha value is -0.160. The van der Waals surface area contributed by atoms with Crippen molar-refractivity contribution in [3.05, 3.63) is 0 Å². The van der Waals surface area contributed by atoms with Crippen molar-refractivity contribution < 1.29 is 14.3 Å². The second-order valence-electron chi connectivity index (χ2n) is 5.76. The van der Waals surface area contributed by atoms with Gasteiger partial charge in [0.2, 0.25) is 5.91 Å². The zero-order valence-corrected chi connectivity index (χ0v) is 14.9. The van der Waals surface area contributed by atoms with Crippen LogP contribution in [-0.4, -0.2) is 25.2 Å². The third kappa shape index (κ3) is 11.1. The Bertz CT molecular complexity index is 216. The summed E-state index contributed by atoms with van der Waals surface area (Å²) < 4.78 is 11.6. The van der Waals surface area contributed by atoms with Crippen molar-refractivity contribution in [3.63, 3.8) is 0 Å². The second kappa shape index (κ2) is 13.5. The van der Waals surface area contributed by atoms with E-state index in [4.69, 9.17) is 14.3 Å². The normalized spacial score (nSPS) is 12.3. The molecule has 4 heteroatoms. The molecule has 0 heterocycles. The van der Waals surface area contributed by atoms with Crippen LogP contribution in [0.1, 0.15) is 86.0 Å². The van der Waals surface area contributed by atoms with Crippen LogP contribution in [-0.2, 0) is 14.3 Å². The van der Waals surface area contributed by atoms with Crippen LogP contribution in [0.5, 0.6) is 0 Å². The lowest BCUT2D eigenvalue weighted by Gasteiger charge is -2.34. The molecule has 0 amide bonds. The van der Waals surface area contributed by atoms with E-state index < -0.39 is 5.91 Å². The standard InChI is InChI=1S/C17H37NO3/c1-6-9-10-11-12-13-14-15-17(19-7-2,20-8-3)18-21-16(4)5/h16,18H,6-15H2,1-5H3. The van der Waals surface area contributed by atoms with Crippen LogP contribution in [0.4, 0.5) is 0 Å². The lowest BCUT2D eigenvalue weighted by molar-refractivity contribution is -0.313. The molecule has 0 atom stereocenters. The molecule has 0 aliphatic heterocycles. The van der Waals surface area contributed by atoms with E-state index in [0.29, 0.717) is 13.2 Å². The van der Waals surface area contributed by atoms with Gasteiger partial charge in [-0.05, 0) is 34.1 Å². The first kappa shape index (κ1) is 20.8. The third-order valence-corrected chi connectivity index (χ3v) is 3.31. The highest BCUT2D eigenvalue weighted by Gasteiger charge is 2.31. The highest BCUT2D eigenvalue weighted by atomic mass is 16.8. The molecule has 0 radical (unpaired) electrons. The fourth-order valence-electron chi connectivity index (χ4n) is 2.28. The average molecular weight is 303 g/mol.